The maximum Gasteiger partial charge on any atom is 0.136 e. The molecule has 0 saturated carbocycles. The predicted molar refractivity (Wildman–Crippen MR) is 72.3 cm³/mol. The van der Waals surface area contributed by atoms with E-state index in [4.69, 9.17) is 5.26 Å². The molecule has 3 rings (SSSR count). The van der Waals surface area contributed by atoms with E-state index in [2.05, 4.69) is 22.6 Å². The topological polar surface area (TPSA) is 54.0 Å². The second-order valence-electron chi connectivity index (χ2n) is 4.10. The first-order valence-electron chi connectivity index (χ1n) is 5.77. The van der Waals surface area contributed by atoms with Crippen LogP contribution in [0.3, 0.4) is 0 Å². The molecule has 3 aromatic rings. The molecule has 0 aliphatic carbocycles. The number of nitriles is 1. The highest BCUT2D eigenvalue weighted by Gasteiger charge is 2.09. The Balaban J connectivity index is 2.10. The zero-order chi connectivity index (χ0) is 13.2. The van der Waals surface area contributed by atoms with Crippen LogP contribution >= 0.6 is 0 Å². The molecule has 0 bridgehead atoms. The van der Waals surface area contributed by atoms with E-state index in [1.807, 2.05) is 28.9 Å². The zero-order valence-corrected chi connectivity index (χ0v) is 10.1. The fourth-order valence-electron chi connectivity index (χ4n) is 1.97. The van der Waals surface area contributed by atoms with Crippen molar-refractivity contribution in [1.82, 2.24) is 14.4 Å². The molecule has 0 aliphatic rings. The molecule has 0 atom stereocenters. The van der Waals surface area contributed by atoms with Gasteiger partial charge in [-0.3, -0.25) is 4.98 Å². The Hall–Kier alpha value is -2.93. The third-order valence-electron chi connectivity index (χ3n) is 2.95. The van der Waals surface area contributed by atoms with E-state index in [9.17, 15) is 0 Å². The fraction of sp³-hybridized carbons (Fsp3) is 0. The van der Waals surface area contributed by atoms with Gasteiger partial charge in [-0.05, 0) is 24.3 Å². The maximum atomic E-state index is 9.11. The Kier molecular flexibility index (Phi) is 2.58. The number of aromatic nitrogens is 3. The lowest BCUT2D eigenvalue weighted by molar-refractivity contribution is 1.17. The van der Waals surface area contributed by atoms with Gasteiger partial charge >= 0.3 is 0 Å². The predicted octanol–water partition coefficient (Wildman–Crippen LogP) is 2.66. The fourth-order valence-corrected chi connectivity index (χ4v) is 1.97. The Labute approximate surface area is 110 Å². The molecule has 0 unspecified atom stereocenters. The first kappa shape index (κ1) is 11.2. The summed E-state index contributed by atoms with van der Waals surface area (Å²) < 4.78 is 1.91. The average molecular weight is 246 g/mol. The van der Waals surface area contributed by atoms with Crippen LogP contribution in [0.4, 0.5) is 0 Å². The molecule has 4 nitrogen and oxygen atoms in total. The first-order valence-corrected chi connectivity index (χ1v) is 5.77. The summed E-state index contributed by atoms with van der Waals surface area (Å²) in [6, 6.07) is 9.46. The summed E-state index contributed by atoms with van der Waals surface area (Å²) in [6.07, 6.45) is 7.21. The van der Waals surface area contributed by atoms with Gasteiger partial charge in [-0.1, -0.05) is 6.58 Å². The molecular weight excluding hydrogens is 236 g/mol. The lowest BCUT2D eigenvalue weighted by atomic mass is 10.0. The van der Waals surface area contributed by atoms with Crippen LogP contribution in [-0.2, 0) is 0 Å². The van der Waals surface area contributed by atoms with Crippen LogP contribution in [0.5, 0.6) is 0 Å². The minimum atomic E-state index is 0.526. The first-order chi connectivity index (χ1) is 9.29. The largest absolute Gasteiger partial charge is 0.306 e. The van der Waals surface area contributed by atoms with Crippen molar-refractivity contribution >= 4 is 11.2 Å². The van der Waals surface area contributed by atoms with Crippen LogP contribution in [0.1, 0.15) is 16.8 Å². The van der Waals surface area contributed by atoms with Gasteiger partial charge in [-0.15, -0.1) is 0 Å². The molecule has 0 saturated heterocycles. The molecule has 0 radical (unpaired) electrons. The molecule has 3 heterocycles. The van der Waals surface area contributed by atoms with Crippen LogP contribution in [-0.4, -0.2) is 14.4 Å². The quantitative estimate of drug-likeness (QED) is 0.698. The third-order valence-corrected chi connectivity index (χ3v) is 2.95. The summed E-state index contributed by atoms with van der Waals surface area (Å²) in [5.74, 6) is 0. The Morgan fingerprint density at radius 3 is 2.95 bits per heavy atom. The number of fused-ring (bicyclic) bond motifs is 1. The highest BCUT2D eigenvalue weighted by atomic mass is 15.0. The normalized spacial score (nSPS) is 10.3. The van der Waals surface area contributed by atoms with Crippen molar-refractivity contribution in [3.8, 4) is 6.07 Å². The van der Waals surface area contributed by atoms with Crippen LogP contribution in [0, 0.1) is 11.3 Å². The van der Waals surface area contributed by atoms with E-state index in [0.717, 1.165) is 16.8 Å². The van der Waals surface area contributed by atoms with Crippen molar-refractivity contribution < 1.29 is 0 Å². The highest BCUT2D eigenvalue weighted by Crippen LogP contribution is 2.22. The van der Waals surface area contributed by atoms with Gasteiger partial charge in [0.05, 0.1) is 11.3 Å². The van der Waals surface area contributed by atoms with Gasteiger partial charge in [0.15, 0.2) is 0 Å². The Bertz CT molecular complexity index is 808. The van der Waals surface area contributed by atoms with Crippen LogP contribution < -0.4 is 0 Å². The van der Waals surface area contributed by atoms with E-state index in [0.29, 0.717) is 11.3 Å². The molecule has 19 heavy (non-hydrogen) atoms. The smallest absolute Gasteiger partial charge is 0.136 e. The average Bonchev–Trinajstić information content (AvgIpc) is 2.93. The number of imidazole rings is 1. The van der Waals surface area contributed by atoms with Crippen LogP contribution in [0.2, 0.25) is 0 Å². The van der Waals surface area contributed by atoms with Gasteiger partial charge in [0, 0.05) is 35.9 Å². The van der Waals surface area contributed by atoms with Crippen LogP contribution in [0.15, 0.2) is 55.6 Å². The number of pyridine rings is 2. The molecule has 0 aromatic carbocycles. The molecule has 0 amide bonds. The van der Waals surface area contributed by atoms with E-state index in [1.54, 1.807) is 24.5 Å². The summed E-state index contributed by atoms with van der Waals surface area (Å²) in [5, 5.41) is 9.11. The lowest BCUT2D eigenvalue weighted by Crippen LogP contribution is -1.96. The minimum absolute atomic E-state index is 0.526. The van der Waals surface area contributed by atoms with E-state index in [-0.39, 0.29) is 0 Å². The molecule has 0 spiro atoms. The van der Waals surface area contributed by atoms with Crippen molar-refractivity contribution in [2.24, 2.45) is 0 Å². The Morgan fingerprint density at radius 2 is 2.11 bits per heavy atom. The van der Waals surface area contributed by atoms with Gasteiger partial charge in [0.25, 0.3) is 0 Å². The summed E-state index contributed by atoms with van der Waals surface area (Å²) >= 11 is 0. The number of hydrogen-bond donors (Lipinski definition) is 0. The van der Waals surface area contributed by atoms with Crippen molar-refractivity contribution in [2.45, 2.75) is 0 Å². The molecule has 4 heteroatoms. The van der Waals surface area contributed by atoms with Crippen molar-refractivity contribution in [3.05, 3.63) is 72.5 Å². The number of hydrogen-bond acceptors (Lipinski definition) is 3. The lowest BCUT2D eigenvalue weighted by Gasteiger charge is -2.07. The van der Waals surface area contributed by atoms with Crippen molar-refractivity contribution in [2.75, 3.05) is 0 Å². The second-order valence-corrected chi connectivity index (χ2v) is 4.10. The van der Waals surface area contributed by atoms with Gasteiger partial charge in [-0.25, -0.2) is 4.98 Å². The summed E-state index contributed by atoms with van der Waals surface area (Å²) in [6.45, 7) is 4.05. The highest BCUT2D eigenvalue weighted by molar-refractivity contribution is 5.79. The monoisotopic (exact) mass is 246 g/mol. The maximum absolute atomic E-state index is 9.11. The summed E-state index contributed by atoms with van der Waals surface area (Å²) in [7, 11) is 0. The molecular formula is C15H10N4. The van der Waals surface area contributed by atoms with Gasteiger partial charge in [0.1, 0.15) is 11.7 Å². The van der Waals surface area contributed by atoms with E-state index in [1.165, 1.54) is 0 Å². The molecule has 0 N–H and O–H groups in total. The van der Waals surface area contributed by atoms with E-state index >= 15 is 0 Å². The third kappa shape index (κ3) is 1.87. The standard InChI is InChI=1S/C15H10N4/c1-11(15-12(9-16)3-2-6-18-15)13-4-5-14-17-7-8-19(14)10-13/h2-8,10H,1H2. The number of nitrogens with zero attached hydrogens (tertiary/aromatic N) is 4. The molecule has 90 valence electrons. The van der Waals surface area contributed by atoms with Gasteiger partial charge in [0.2, 0.25) is 0 Å². The molecule has 0 aliphatic heterocycles. The summed E-state index contributed by atoms with van der Waals surface area (Å²) in [5.41, 5.74) is 3.66. The molecule has 3 aromatic heterocycles. The minimum Gasteiger partial charge on any atom is -0.306 e. The Morgan fingerprint density at radius 1 is 1.21 bits per heavy atom. The zero-order valence-electron chi connectivity index (χ0n) is 10.1. The SMILES string of the molecule is C=C(c1ccc2nccn2c1)c1ncccc1C#N. The van der Waals surface area contributed by atoms with Gasteiger partial charge < -0.3 is 4.40 Å². The second kappa shape index (κ2) is 4.39. The van der Waals surface area contributed by atoms with E-state index < -0.39 is 0 Å². The summed E-state index contributed by atoms with van der Waals surface area (Å²) in [4.78, 5) is 8.44. The van der Waals surface area contributed by atoms with Crippen molar-refractivity contribution in [1.29, 1.82) is 5.26 Å². The van der Waals surface area contributed by atoms with Gasteiger partial charge in [-0.2, -0.15) is 5.26 Å². The number of rotatable bonds is 2. The van der Waals surface area contributed by atoms with Crippen molar-refractivity contribution in [3.63, 3.8) is 0 Å². The van der Waals surface area contributed by atoms with Crippen LogP contribution in [0.25, 0.3) is 11.2 Å². The molecule has 0 fully saturated rings.